The van der Waals surface area contributed by atoms with Crippen LogP contribution >= 0.6 is 0 Å². The molecular formula is C10H13NO3. The number of nitrogens with zero attached hydrogens (tertiary/aromatic N) is 1. The predicted octanol–water partition coefficient (Wildman–Crippen LogP) is 1.18. The van der Waals surface area contributed by atoms with E-state index in [0.29, 0.717) is 12.1 Å². The van der Waals surface area contributed by atoms with Crippen molar-refractivity contribution in [2.45, 2.75) is 27.3 Å². The fourth-order valence-corrected chi connectivity index (χ4v) is 1.38. The number of aromatic nitrogens is 1. The quantitative estimate of drug-likeness (QED) is 0.770. The van der Waals surface area contributed by atoms with Crippen LogP contribution in [-0.4, -0.2) is 15.6 Å². The number of rotatable bonds is 2. The number of carboxylic acids is 1. The van der Waals surface area contributed by atoms with Gasteiger partial charge in [0, 0.05) is 12.7 Å². The van der Waals surface area contributed by atoms with Crippen LogP contribution in [0.5, 0.6) is 0 Å². The normalized spacial score (nSPS) is 10.2. The van der Waals surface area contributed by atoms with Crippen molar-refractivity contribution in [3.8, 4) is 0 Å². The molecule has 0 unspecified atom stereocenters. The zero-order valence-electron chi connectivity index (χ0n) is 8.50. The molecule has 0 amide bonds. The Morgan fingerprint density at radius 1 is 1.50 bits per heavy atom. The molecule has 4 heteroatoms. The Hall–Kier alpha value is -1.58. The SMILES string of the molecule is CCn1cc(C)c(C)c(C(=O)O)c1=O. The van der Waals surface area contributed by atoms with Gasteiger partial charge >= 0.3 is 5.97 Å². The van der Waals surface area contributed by atoms with E-state index >= 15 is 0 Å². The summed E-state index contributed by atoms with van der Waals surface area (Å²) in [6.45, 7) is 5.75. The molecular weight excluding hydrogens is 182 g/mol. The van der Waals surface area contributed by atoms with Crippen molar-refractivity contribution >= 4 is 5.97 Å². The van der Waals surface area contributed by atoms with E-state index in [1.807, 2.05) is 6.92 Å². The molecule has 0 saturated heterocycles. The molecule has 0 aromatic carbocycles. The Morgan fingerprint density at radius 2 is 2.07 bits per heavy atom. The third-order valence-corrected chi connectivity index (χ3v) is 2.35. The van der Waals surface area contributed by atoms with Gasteiger partial charge in [-0.2, -0.15) is 0 Å². The number of carbonyl (C=O) groups is 1. The van der Waals surface area contributed by atoms with Gasteiger partial charge in [0.05, 0.1) is 0 Å². The molecule has 0 aliphatic heterocycles. The molecule has 14 heavy (non-hydrogen) atoms. The lowest BCUT2D eigenvalue weighted by Gasteiger charge is -2.08. The summed E-state index contributed by atoms with van der Waals surface area (Å²) in [6, 6.07) is 0. The lowest BCUT2D eigenvalue weighted by Crippen LogP contribution is -2.27. The molecule has 1 heterocycles. The van der Waals surface area contributed by atoms with Gasteiger partial charge in [0.15, 0.2) is 0 Å². The second kappa shape index (κ2) is 3.65. The van der Waals surface area contributed by atoms with Gasteiger partial charge in [-0.05, 0) is 31.9 Å². The molecule has 0 radical (unpaired) electrons. The van der Waals surface area contributed by atoms with Crippen molar-refractivity contribution in [1.29, 1.82) is 0 Å². The van der Waals surface area contributed by atoms with Crippen LogP contribution in [0.15, 0.2) is 11.0 Å². The van der Waals surface area contributed by atoms with E-state index in [-0.39, 0.29) is 5.56 Å². The maximum absolute atomic E-state index is 11.6. The maximum Gasteiger partial charge on any atom is 0.341 e. The Labute approximate surface area is 81.8 Å². The number of aryl methyl sites for hydroxylation is 2. The number of hydrogen-bond acceptors (Lipinski definition) is 2. The van der Waals surface area contributed by atoms with E-state index < -0.39 is 11.5 Å². The van der Waals surface area contributed by atoms with Crippen molar-refractivity contribution in [1.82, 2.24) is 4.57 Å². The van der Waals surface area contributed by atoms with Crippen LogP contribution in [0.1, 0.15) is 28.4 Å². The Balaban J connectivity index is 3.62. The Morgan fingerprint density at radius 3 is 2.50 bits per heavy atom. The van der Waals surface area contributed by atoms with Crippen molar-refractivity contribution in [2.75, 3.05) is 0 Å². The molecule has 1 aromatic heterocycles. The Kier molecular flexibility index (Phi) is 2.74. The minimum Gasteiger partial charge on any atom is -0.477 e. The number of hydrogen-bond donors (Lipinski definition) is 1. The van der Waals surface area contributed by atoms with Crippen LogP contribution in [0.2, 0.25) is 0 Å². The van der Waals surface area contributed by atoms with Crippen LogP contribution in [0, 0.1) is 13.8 Å². The number of pyridine rings is 1. The average Bonchev–Trinajstić information content (AvgIpc) is 2.11. The highest BCUT2D eigenvalue weighted by molar-refractivity contribution is 5.89. The molecule has 76 valence electrons. The smallest absolute Gasteiger partial charge is 0.341 e. The van der Waals surface area contributed by atoms with Crippen LogP contribution in [0.25, 0.3) is 0 Å². The highest BCUT2D eigenvalue weighted by Crippen LogP contribution is 2.08. The standard InChI is InChI=1S/C10H13NO3/c1-4-11-5-6(2)7(3)8(9(11)12)10(13)14/h5H,4H2,1-3H3,(H,13,14). The molecule has 1 aromatic rings. The minimum absolute atomic E-state index is 0.119. The number of carboxylic acid groups (broad SMARTS) is 1. The monoisotopic (exact) mass is 195 g/mol. The molecule has 4 nitrogen and oxygen atoms in total. The first kappa shape index (κ1) is 10.5. The van der Waals surface area contributed by atoms with Gasteiger partial charge in [-0.1, -0.05) is 0 Å². The first-order valence-corrected chi connectivity index (χ1v) is 4.43. The van der Waals surface area contributed by atoms with Gasteiger partial charge < -0.3 is 9.67 Å². The topological polar surface area (TPSA) is 59.3 Å². The largest absolute Gasteiger partial charge is 0.477 e. The molecule has 0 aliphatic carbocycles. The minimum atomic E-state index is -1.15. The summed E-state index contributed by atoms with van der Waals surface area (Å²) in [7, 11) is 0. The molecule has 0 atom stereocenters. The molecule has 1 N–H and O–H groups in total. The van der Waals surface area contributed by atoms with Gasteiger partial charge in [-0.3, -0.25) is 4.79 Å². The van der Waals surface area contributed by atoms with Crippen molar-refractivity contribution in [3.63, 3.8) is 0 Å². The summed E-state index contributed by atoms with van der Waals surface area (Å²) in [5.74, 6) is -1.15. The highest BCUT2D eigenvalue weighted by Gasteiger charge is 2.15. The highest BCUT2D eigenvalue weighted by atomic mass is 16.4. The molecule has 0 saturated carbocycles. The van der Waals surface area contributed by atoms with Crippen molar-refractivity contribution < 1.29 is 9.90 Å². The maximum atomic E-state index is 11.6. The van der Waals surface area contributed by atoms with Gasteiger partial charge in [-0.15, -0.1) is 0 Å². The van der Waals surface area contributed by atoms with E-state index in [2.05, 4.69) is 0 Å². The molecule has 0 aliphatic rings. The second-order valence-electron chi connectivity index (χ2n) is 3.21. The van der Waals surface area contributed by atoms with E-state index in [1.165, 1.54) is 4.57 Å². The fraction of sp³-hybridized carbons (Fsp3) is 0.400. The Bertz CT molecular complexity index is 432. The lowest BCUT2D eigenvalue weighted by atomic mass is 10.1. The first-order valence-electron chi connectivity index (χ1n) is 4.43. The van der Waals surface area contributed by atoms with Crippen molar-refractivity contribution in [2.24, 2.45) is 0 Å². The van der Waals surface area contributed by atoms with E-state index in [0.717, 1.165) is 5.56 Å². The van der Waals surface area contributed by atoms with E-state index in [4.69, 9.17) is 5.11 Å². The lowest BCUT2D eigenvalue weighted by molar-refractivity contribution is 0.0693. The molecule has 1 rings (SSSR count). The van der Waals surface area contributed by atoms with E-state index in [9.17, 15) is 9.59 Å². The fourth-order valence-electron chi connectivity index (χ4n) is 1.38. The third kappa shape index (κ3) is 1.55. The van der Waals surface area contributed by atoms with Crippen molar-refractivity contribution in [3.05, 3.63) is 33.2 Å². The van der Waals surface area contributed by atoms with Crippen LogP contribution < -0.4 is 5.56 Å². The summed E-state index contributed by atoms with van der Waals surface area (Å²) >= 11 is 0. The van der Waals surface area contributed by atoms with Crippen LogP contribution in [-0.2, 0) is 6.54 Å². The van der Waals surface area contributed by atoms with Gasteiger partial charge in [0.2, 0.25) is 0 Å². The zero-order chi connectivity index (χ0) is 10.9. The van der Waals surface area contributed by atoms with Gasteiger partial charge in [0.1, 0.15) is 5.56 Å². The third-order valence-electron chi connectivity index (χ3n) is 2.35. The average molecular weight is 195 g/mol. The van der Waals surface area contributed by atoms with E-state index in [1.54, 1.807) is 20.0 Å². The molecule has 0 fully saturated rings. The van der Waals surface area contributed by atoms with Crippen LogP contribution in [0.3, 0.4) is 0 Å². The predicted molar refractivity (Wildman–Crippen MR) is 52.8 cm³/mol. The van der Waals surface area contributed by atoms with Crippen LogP contribution in [0.4, 0.5) is 0 Å². The summed E-state index contributed by atoms with van der Waals surface area (Å²) in [6.07, 6.45) is 1.68. The van der Waals surface area contributed by atoms with Gasteiger partial charge in [-0.25, -0.2) is 4.79 Å². The molecule has 0 bridgehead atoms. The first-order chi connectivity index (χ1) is 6.49. The summed E-state index contributed by atoms with van der Waals surface area (Å²) in [5, 5.41) is 8.88. The zero-order valence-corrected chi connectivity index (χ0v) is 8.50. The second-order valence-corrected chi connectivity index (χ2v) is 3.21. The number of aromatic carboxylic acids is 1. The molecule has 0 spiro atoms. The summed E-state index contributed by atoms with van der Waals surface area (Å²) in [5.41, 5.74) is 0.825. The summed E-state index contributed by atoms with van der Waals surface area (Å²) < 4.78 is 1.41. The van der Waals surface area contributed by atoms with Gasteiger partial charge in [0.25, 0.3) is 5.56 Å². The summed E-state index contributed by atoms with van der Waals surface area (Å²) in [4.78, 5) is 22.4.